The van der Waals surface area contributed by atoms with Crippen molar-refractivity contribution in [3.05, 3.63) is 0 Å². The third-order valence-corrected chi connectivity index (χ3v) is 1.34. The predicted octanol–water partition coefficient (Wildman–Crippen LogP) is 0.264. The fraction of sp³-hybridized carbons (Fsp3) is 0.857. The van der Waals surface area contributed by atoms with Gasteiger partial charge in [-0.2, -0.15) is 8.42 Å². The standard InChI is InChI=1S/C7H15NO.H2O4S/c1-4-8(5-2)6-7(3)9;1-5(2,3)4/h4-6H2,1-3H3;(H2,1,2,3,4). The molecule has 0 saturated carbocycles. The van der Waals surface area contributed by atoms with Crippen LogP contribution >= 0.6 is 0 Å². The number of likely N-dealkylation sites (N-methyl/N-ethyl adjacent to an activating group) is 1. The van der Waals surface area contributed by atoms with E-state index in [1.807, 2.05) is 0 Å². The van der Waals surface area contributed by atoms with E-state index in [1.54, 1.807) is 6.92 Å². The second-order valence-corrected chi connectivity index (χ2v) is 3.51. The van der Waals surface area contributed by atoms with Gasteiger partial charge in [0.1, 0.15) is 5.78 Å². The van der Waals surface area contributed by atoms with Crippen molar-refractivity contribution in [2.75, 3.05) is 19.6 Å². The van der Waals surface area contributed by atoms with Gasteiger partial charge in [-0.1, -0.05) is 13.8 Å². The molecule has 0 aromatic heterocycles. The number of ketones is 1. The predicted molar refractivity (Wildman–Crippen MR) is 52.6 cm³/mol. The zero-order chi connectivity index (χ0) is 11.8. The summed E-state index contributed by atoms with van der Waals surface area (Å²) < 4.78 is 31.6. The zero-order valence-electron chi connectivity index (χ0n) is 8.60. The number of Topliss-reactive ketones (excluding diaryl/α,β-unsaturated/α-hetero) is 1. The topological polar surface area (TPSA) is 94.9 Å². The van der Waals surface area contributed by atoms with Gasteiger partial charge in [-0.15, -0.1) is 0 Å². The molecule has 0 heterocycles. The Labute approximate surface area is 84.5 Å². The molecule has 0 atom stereocenters. The molecule has 0 aliphatic carbocycles. The van der Waals surface area contributed by atoms with Gasteiger partial charge in [0, 0.05) is 0 Å². The van der Waals surface area contributed by atoms with Gasteiger partial charge in [-0.25, -0.2) is 0 Å². The number of hydrogen-bond acceptors (Lipinski definition) is 4. The number of nitrogens with zero attached hydrogens (tertiary/aromatic N) is 1. The maximum Gasteiger partial charge on any atom is 0.394 e. The minimum absolute atomic E-state index is 0.249. The van der Waals surface area contributed by atoms with Crippen molar-refractivity contribution in [2.24, 2.45) is 0 Å². The highest BCUT2D eigenvalue weighted by atomic mass is 32.3. The Kier molecular flexibility index (Phi) is 8.96. The summed E-state index contributed by atoms with van der Waals surface area (Å²) in [5, 5.41) is 0. The normalized spacial score (nSPS) is 10.7. The van der Waals surface area contributed by atoms with Gasteiger partial charge in [-0.3, -0.25) is 18.8 Å². The first kappa shape index (κ1) is 15.9. The third kappa shape index (κ3) is 22.5. The monoisotopic (exact) mass is 227 g/mol. The van der Waals surface area contributed by atoms with Gasteiger partial charge in [-0.05, 0) is 20.0 Å². The van der Waals surface area contributed by atoms with Crippen LogP contribution in [0.4, 0.5) is 0 Å². The lowest BCUT2D eigenvalue weighted by Gasteiger charge is -2.14. The molecule has 0 spiro atoms. The molecule has 2 N–H and O–H groups in total. The number of carbonyl (C=O) groups is 1. The third-order valence-electron chi connectivity index (χ3n) is 1.34. The van der Waals surface area contributed by atoms with Crippen LogP contribution in [0.15, 0.2) is 0 Å². The van der Waals surface area contributed by atoms with E-state index in [2.05, 4.69) is 18.7 Å². The van der Waals surface area contributed by atoms with Crippen molar-refractivity contribution < 1.29 is 22.3 Å². The molecule has 0 unspecified atom stereocenters. The van der Waals surface area contributed by atoms with Crippen molar-refractivity contribution in [3.8, 4) is 0 Å². The molecule has 0 aliphatic rings. The Morgan fingerprint density at radius 1 is 1.21 bits per heavy atom. The molecule has 6 nitrogen and oxygen atoms in total. The van der Waals surface area contributed by atoms with Crippen molar-refractivity contribution in [1.82, 2.24) is 4.90 Å². The van der Waals surface area contributed by atoms with Crippen LogP contribution in [0.1, 0.15) is 20.8 Å². The van der Waals surface area contributed by atoms with Crippen LogP contribution in [0, 0.1) is 0 Å². The van der Waals surface area contributed by atoms with Gasteiger partial charge in [0.25, 0.3) is 0 Å². The molecule has 0 saturated heterocycles. The second-order valence-electron chi connectivity index (χ2n) is 2.61. The van der Waals surface area contributed by atoms with Gasteiger partial charge in [0.05, 0.1) is 6.54 Å². The van der Waals surface area contributed by atoms with Crippen molar-refractivity contribution in [3.63, 3.8) is 0 Å². The molecule has 7 heteroatoms. The molecule has 86 valence electrons. The highest BCUT2D eigenvalue weighted by molar-refractivity contribution is 7.79. The van der Waals surface area contributed by atoms with Crippen molar-refractivity contribution in [1.29, 1.82) is 0 Å². The van der Waals surface area contributed by atoms with E-state index >= 15 is 0 Å². The lowest BCUT2D eigenvalue weighted by Crippen LogP contribution is -2.27. The fourth-order valence-corrected chi connectivity index (χ4v) is 0.762. The Hall–Kier alpha value is -0.500. The van der Waals surface area contributed by atoms with Crippen LogP contribution in [0.5, 0.6) is 0 Å². The highest BCUT2D eigenvalue weighted by Gasteiger charge is 1.99. The van der Waals surface area contributed by atoms with Crippen LogP contribution in [0.25, 0.3) is 0 Å². The van der Waals surface area contributed by atoms with E-state index in [0.29, 0.717) is 6.54 Å². The van der Waals surface area contributed by atoms with Crippen LogP contribution < -0.4 is 0 Å². The van der Waals surface area contributed by atoms with E-state index < -0.39 is 10.4 Å². The van der Waals surface area contributed by atoms with Gasteiger partial charge >= 0.3 is 10.4 Å². The van der Waals surface area contributed by atoms with Crippen LogP contribution in [0.2, 0.25) is 0 Å². The summed E-state index contributed by atoms with van der Waals surface area (Å²) in [6.45, 7) is 8.29. The summed E-state index contributed by atoms with van der Waals surface area (Å²) >= 11 is 0. The average Bonchev–Trinajstić information content (AvgIpc) is 1.96. The molecular weight excluding hydrogens is 210 g/mol. The fourth-order valence-electron chi connectivity index (χ4n) is 0.762. The van der Waals surface area contributed by atoms with Crippen molar-refractivity contribution >= 4 is 16.2 Å². The summed E-state index contributed by atoms with van der Waals surface area (Å²) in [6, 6.07) is 0. The van der Waals surface area contributed by atoms with Gasteiger partial charge in [0.2, 0.25) is 0 Å². The van der Waals surface area contributed by atoms with Crippen LogP contribution in [-0.4, -0.2) is 47.8 Å². The molecule has 0 rings (SSSR count). The summed E-state index contributed by atoms with van der Waals surface area (Å²) in [7, 11) is -4.67. The Morgan fingerprint density at radius 2 is 1.50 bits per heavy atom. The smallest absolute Gasteiger partial charge is 0.299 e. The quantitative estimate of drug-likeness (QED) is 0.669. The molecule has 0 amide bonds. The SMILES string of the molecule is CCN(CC)CC(C)=O.O=S(=O)(O)O. The van der Waals surface area contributed by atoms with E-state index in [1.165, 1.54) is 0 Å². The maximum absolute atomic E-state index is 10.5. The minimum Gasteiger partial charge on any atom is -0.299 e. The second kappa shape index (κ2) is 7.86. The summed E-state index contributed by atoms with van der Waals surface area (Å²) in [5.74, 6) is 0.249. The van der Waals surface area contributed by atoms with E-state index in [-0.39, 0.29) is 5.78 Å². The van der Waals surface area contributed by atoms with Crippen LogP contribution in [-0.2, 0) is 15.2 Å². The van der Waals surface area contributed by atoms with Gasteiger partial charge in [0.15, 0.2) is 0 Å². The summed E-state index contributed by atoms with van der Waals surface area (Å²) in [5.41, 5.74) is 0. The number of carbonyl (C=O) groups excluding carboxylic acids is 1. The number of hydrogen-bond donors (Lipinski definition) is 2. The Morgan fingerprint density at radius 3 is 1.57 bits per heavy atom. The highest BCUT2D eigenvalue weighted by Crippen LogP contribution is 1.85. The minimum atomic E-state index is -4.67. The maximum atomic E-state index is 10.5. The van der Waals surface area contributed by atoms with Crippen LogP contribution in [0.3, 0.4) is 0 Å². The lowest BCUT2D eigenvalue weighted by atomic mass is 10.4. The largest absolute Gasteiger partial charge is 0.394 e. The molecule has 0 bridgehead atoms. The first-order valence-corrected chi connectivity index (χ1v) is 5.52. The zero-order valence-corrected chi connectivity index (χ0v) is 9.41. The van der Waals surface area contributed by atoms with Gasteiger partial charge < -0.3 is 0 Å². The summed E-state index contributed by atoms with van der Waals surface area (Å²) in [4.78, 5) is 12.6. The first-order valence-electron chi connectivity index (χ1n) is 4.12. The molecular formula is C7H17NO5S. The molecule has 14 heavy (non-hydrogen) atoms. The lowest BCUT2D eigenvalue weighted by molar-refractivity contribution is -0.118. The average molecular weight is 227 g/mol. The van der Waals surface area contributed by atoms with E-state index in [4.69, 9.17) is 17.5 Å². The Balaban J connectivity index is 0. The first-order chi connectivity index (χ1) is 6.20. The molecule has 0 radical (unpaired) electrons. The molecule has 0 fully saturated rings. The molecule has 0 aromatic rings. The molecule has 0 aromatic carbocycles. The number of rotatable bonds is 4. The van der Waals surface area contributed by atoms with Crippen molar-refractivity contribution in [2.45, 2.75) is 20.8 Å². The molecule has 0 aliphatic heterocycles. The Bertz CT molecular complexity index is 237. The summed E-state index contributed by atoms with van der Waals surface area (Å²) in [6.07, 6.45) is 0. The van der Waals surface area contributed by atoms with E-state index in [9.17, 15) is 4.79 Å². The van der Waals surface area contributed by atoms with E-state index in [0.717, 1.165) is 13.1 Å².